The van der Waals surface area contributed by atoms with Crippen molar-refractivity contribution in [1.82, 2.24) is 9.80 Å². The summed E-state index contributed by atoms with van der Waals surface area (Å²) in [7, 11) is 2.10. The van der Waals surface area contributed by atoms with Crippen LogP contribution in [0, 0.1) is 11.3 Å². The predicted octanol–water partition coefficient (Wildman–Crippen LogP) is 2.55. The summed E-state index contributed by atoms with van der Waals surface area (Å²) in [6.45, 7) is 6.29. The SMILES string of the molecule is CCOc1ccc(C(C#N)N2CCN(C)CC2)cc1Cl. The number of rotatable bonds is 4. The molecule has 1 fully saturated rings. The lowest BCUT2D eigenvalue weighted by Crippen LogP contribution is -2.45. The van der Waals surface area contributed by atoms with E-state index in [1.165, 1.54) is 0 Å². The molecule has 1 saturated heterocycles. The van der Waals surface area contributed by atoms with Crippen molar-refractivity contribution in [2.75, 3.05) is 39.8 Å². The molecule has 0 spiro atoms. The van der Waals surface area contributed by atoms with Crippen molar-refractivity contribution in [3.05, 3.63) is 28.8 Å². The summed E-state index contributed by atoms with van der Waals surface area (Å²) in [5.74, 6) is 0.674. The Balaban J connectivity index is 2.16. The van der Waals surface area contributed by atoms with Crippen LogP contribution in [0.3, 0.4) is 0 Å². The average molecular weight is 294 g/mol. The van der Waals surface area contributed by atoms with Crippen LogP contribution >= 0.6 is 11.6 Å². The van der Waals surface area contributed by atoms with E-state index < -0.39 is 0 Å². The van der Waals surface area contributed by atoms with Gasteiger partial charge < -0.3 is 9.64 Å². The van der Waals surface area contributed by atoms with Gasteiger partial charge in [-0.1, -0.05) is 17.7 Å². The first-order chi connectivity index (χ1) is 9.65. The molecule has 0 bridgehead atoms. The maximum absolute atomic E-state index is 9.48. The molecule has 5 heteroatoms. The Hall–Kier alpha value is -1.28. The Bertz CT molecular complexity index is 492. The lowest BCUT2D eigenvalue weighted by atomic mass is 10.1. The molecule has 1 aromatic carbocycles. The first kappa shape index (κ1) is 15.1. The van der Waals surface area contributed by atoms with Crippen molar-refractivity contribution < 1.29 is 4.74 Å². The summed E-state index contributed by atoms with van der Waals surface area (Å²) in [6, 6.07) is 7.78. The first-order valence-electron chi connectivity index (χ1n) is 6.90. The minimum absolute atomic E-state index is 0.239. The molecule has 0 aliphatic carbocycles. The zero-order valence-corrected chi connectivity index (χ0v) is 12.7. The fourth-order valence-electron chi connectivity index (χ4n) is 2.41. The minimum Gasteiger partial charge on any atom is -0.492 e. The molecule has 0 saturated carbocycles. The summed E-state index contributed by atoms with van der Waals surface area (Å²) >= 11 is 6.21. The van der Waals surface area contributed by atoms with E-state index >= 15 is 0 Å². The van der Waals surface area contributed by atoms with Crippen molar-refractivity contribution in [3.63, 3.8) is 0 Å². The molecule has 2 rings (SSSR count). The number of benzene rings is 1. The van der Waals surface area contributed by atoms with Gasteiger partial charge in [0.15, 0.2) is 0 Å². The molecule has 1 heterocycles. The Kier molecular flexibility index (Phi) is 5.24. The molecule has 1 aliphatic rings. The normalized spacial score (nSPS) is 18.5. The van der Waals surface area contributed by atoms with Crippen LogP contribution in [0.1, 0.15) is 18.5 Å². The highest BCUT2D eigenvalue weighted by Gasteiger charge is 2.24. The predicted molar refractivity (Wildman–Crippen MR) is 80.0 cm³/mol. The highest BCUT2D eigenvalue weighted by Crippen LogP contribution is 2.30. The van der Waals surface area contributed by atoms with Crippen LogP contribution in [0.2, 0.25) is 5.02 Å². The van der Waals surface area contributed by atoms with Crippen LogP contribution in [-0.4, -0.2) is 49.6 Å². The van der Waals surface area contributed by atoms with E-state index in [0.717, 1.165) is 31.7 Å². The average Bonchev–Trinajstić information content (AvgIpc) is 2.45. The quantitative estimate of drug-likeness (QED) is 0.855. The number of nitrogens with zero attached hydrogens (tertiary/aromatic N) is 3. The largest absolute Gasteiger partial charge is 0.492 e. The van der Waals surface area contributed by atoms with Crippen LogP contribution in [-0.2, 0) is 0 Å². The van der Waals surface area contributed by atoms with E-state index in [0.29, 0.717) is 17.4 Å². The van der Waals surface area contributed by atoms with E-state index in [4.69, 9.17) is 16.3 Å². The van der Waals surface area contributed by atoms with Gasteiger partial charge in [0.25, 0.3) is 0 Å². The van der Waals surface area contributed by atoms with Gasteiger partial charge in [-0.25, -0.2) is 0 Å². The van der Waals surface area contributed by atoms with Crippen LogP contribution in [0.5, 0.6) is 5.75 Å². The smallest absolute Gasteiger partial charge is 0.137 e. The van der Waals surface area contributed by atoms with Gasteiger partial charge in [-0.3, -0.25) is 4.90 Å². The Morgan fingerprint density at radius 3 is 2.60 bits per heavy atom. The van der Waals surface area contributed by atoms with Gasteiger partial charge in [0.1, 0.15) is 11.8 Å². The fourth-order valence-corrected chi connectivity index (χ4v) is 2.65. The Labute approximate surface area is 125 Å². The van der Waals surface area contributed by atoms with Crippen molar-refractivity contribution in [3.8, 4) is 11.8 Å². The second-order valence-electron chi connectivity index (χ2n) is 4.99. The molecule has 4 nitrogen and oxygen atoms in total. The van der Waals surface area contributed by atoms with Crippen LogP contribution in [0.25, 0.3) is 0 Å². The molecule has 1 atom stereocenters. The van der Waals surface area contributed by atoms with Gasteiger partial charge >= 0.3 is 0 Å². The van der Waals surface area contributed by atoms with Crippen LogP contribution < -0.4 is 4.74 Å². The zero-order chi connectivity index (χ0) is 14.5. The van der Waals surface area contributed by atoms with E-state index in [1.54, 1.807) is 0 Å². The lowest BCUT2D eigenvalue weighted by molar-refractivity contribution is 0.133. The molecule has 108 valence electrons. The second kappa shape index (κ2) is 6.94. The van der Waals surface area contributed by atoms with Gasteiger partial charge in [0.2, 0.25) is 0 Å². The number of ether oxygens (including phenoxy) is 1. The van der Waals surface area contributed by atoms with Crippen LogP contribution in [0.15, 0.2) is 18.2 Å². The molecular weight excluding hydrogens is 274 g/mol. The van der Waals surface area contributed by atoms with Gasteiger partial charge in [-0.05, 0) is 31.7 Å². The number of piperazine rings is 1. The minimum atomic E-state index is -0.239. The third kappa shape index (κ3) is 3.43. The van der Waals surface area contributed by atoms with Gasteiger partial charge in [-0.2, -0.15) is 5.26 Å². The van der Waals surface area contributed by atoms with E-state index in [1.807, 2.05) is 25.1 Å². The van der Waals surface area contributed by atoms with Crippen LogP contribution in [0.4, 0.5) is 0 Å². The molecule has 0 N–H and O–H groups in total. The van der Waals surface area contributed by atoms with E-state index in [9.17, 15) is 5.26 Å². The third-order valence-electron chi connectivity index (χ3n) is 3.60. The summed E-state index contributed by atoms with van der Waals surface area (Å²) in [4.78, 5) is 4.47. The topological polar surface area (TPSA) is 39.5 Å². The highest BCUT2D eigenvalue weighted by atomic mass is 35.5. The monoisotopic (exact) mass is 293 g/mol. The first-order valence-corrected chi connectivity index (χ1v) is 7.28. The molecular formula is C15H20ClN3O. The summed E-state index contributed by atoms with van der Waals surface area (Å²) in [5.41, 5.74) is 0.936. The molecule has 1 aromatic rings. The standard InChI is InChI=1S/C15H20ClN3O/c1-3-20-15-5-4-12(10-13(15)16)14(11-17)19-8-6-18(2)7-9-19/h4-5,10,14H,3,6-9H2,1-2H3. The third-order valence-corrected chi connectivity index (χ3v) is 3.89. The summed E-state index contributed by atoms with van der Waals surface area (Å²) < 4.78 is 5.43. The molecule has 1 aliphatic heterocycles. The molecule has 0 radical (unpaired) electrons. The van der Waals surface area contributed by atoms with Crippen molar-refractivity contribution in [2.45, 2.75) is 13.0 Å². The van der Waals surface area contributed by atoms with Crippen molar-refractivity contribution >= 4 is 11.6 Å². The molecule has 20 heavy (non-hydrogen) atoms. The molecule has 0 aromatic heterocycles. The van der Waals surface area contributed by atoms with Gasteiger partial charge in [-0.15, -0.1) is 0 Å². The molecule has 0 amide bonds. The maximum atomic E-state index is 9.48. The Morgan fingerprint density at radius 1 is 1.35 bits per heavy atom. The zero-order valence-electron chi connectivity index (χ0n) is 12.0. The number of hydrogen-bond acceptors (Lipinski definition) is 4. The van der Waals surface area contributed by atoms with Crippen molar-refractivity contribution in [1.29, 1.82) is 5.26 Å². The highest BCUT2D eigenvalue weighted by molar-refractivity contribution is 6.32. The van der Waals surface area contributed by atoms with Gasteiger partial charge in [0, 0.05) is 26.2 Å². The number of likely N-dealkylation sites (N-methyl/N-ethyl adjacent to an activating group) is 1. The van der Waals surface area contributed by atoms with E-state index in [-0.39, 0.29) is 6.04 Å². The lowest BCUT2D eigenvalue weighted by Gasteiger charge is -2.35. The number of nitriles is 1. The fraction of sp³-hybridized carbons (Fsp3) is 0.533. The van der Waals surface area contributed by atoms with E-state index in [2.05, 4.69) is 22.9 Å². The Morgan fingerprint density at radius 2 is 2.05 bits per heavy atom. The number of hydrogen-bond donors (Lipinski definition) is 0. The summed E-state index contributed by atoms with van der Waals surface area (Å²) in [5, 5.41) is 10.0. The van der Waals surface area contributed by atoms with Crippen molar-refractivity contribution in [2.24, 2.45) is 0 Å². The molecule has 1 unspecified atom stereocenters. The summed E-state index contributed by atoms with van der Waals surface area (Å²) in [6.07, 6.45) is 0. The maximum Gasteiger partial charge on any atom is 0.137 e. The second-order valence-corrected chi connectivity index (χ2v) is 5.40. The number of halogens is 1. The van der Waals surface area contributed by atoms with Gasteiger partial charge in [0.05, 0.1) is 17.7 Å².